The summed E-state index contributed by atoms with van der Waals surface area (Å²) in [4.78, 5) is 31.0. The molecule has 1 aliphatic heterocycles. The molecule has 0 spiro atoms. The lowest BCUT2D eigenvalue weighted by Gasteiger charge is -2.33. The van der Waals surface area contributed by atoms with E-state index >= 15 is 0 Å². The molecule has 1 saturated heterocycles. The number of hydrogen-bond donors (Lipinski definition) is 2. The summed E-state index contributed by atoms with van der Waals surface area (Å²) in [7, 11) is 3.26. The van der Waals surface area contributed by atoms with Gasteiger partial charge in [0.05, 0.1) is 13.7 Å². The molecule has 224 valence electrons. The van der Waals surface area contributed by atoms with Crippen molar-refractivity contribution in [3.63, 3.8) is 0 Å². The second kappa shape index (κ2) is 15.1. The van der Waals surface area contributed by atoms with Gasteiger partial charge in [-0.1, -0.05) is 30.3 Å². The van der Waals surface area contributed by atoms with Crippen LogP contribution in [0.15, 0.2) is 48.5 Å². The number of carbonyl (C=O) groups is 2. The van der Waals surface area contributed by atoms with Crippen molar-refractivity contribution in [3.05, 3.63) is 59.7 Å². The Morgan fingerprint density at radius 1 is 0.976 bits per heavy atom. The number of nitrogens with one attached hydrogen (secondary N) is 2. The van der Waals surface area contributed by atoms with Gasteiger partial charge in [0.1, 0.15) is 0 Å². The summed E-state index contributed by atoms with van der Waals surface area (Å²) in [5.74, 6) is 1.63. The largest absolute Gasteiger partial charge is 0.493 e. The number of rotatable bonds is 15. The summed E-state index contributed by atoms with van der Waals surface area (Å²) in [5, 5.41) is 6.64. The molecule has 9 nitrogen and oxygen atoms in total. The van der Waals surface area contributed by atoms with Gasteiger partial charge >= 0.3 is 6.03 Å². The molecule has 1 saturated carbocycles. The van der Waals surface area contributed by atoms with Gasteiger partial charge in [-0.05, 0) is 62.3 Å². The minimum Gasteiger partial charge on any atom is -0.493 e. The van der Waals surface area contributed by atoms with E-state index in [1.165, 1.54) is 0 Å². The monoisotopic (exact) mass is 566 g/mol. The molecule has 41 heavy (non-hydrogen) atoms. The van der Waals surface area contributed by atoms with Gasteiger partial charge in [0.25, 0.3) is 5.91 Å². The summed E-state index contributed by atoms with van der Waals surface area (Å²) in [6.07, 6.45) is 2.84. The maximum absolute atomic E-state index is 13.8. The molecule has 1 aliphatic carbocycles. The Kier molecular flexibility index (Phi) is 11.3. The van der Waals surface area contributed by atoms with Crippen molar-refractivity contribution in [2.45, 2.75) is 51.7 Å². The van der Waals surface area contributed by atoms with Crippen molar-refractivity contribution in [1.29, 1.82) is 0 Å². The average Bonchev–Trinajstić information content (AvgIpc) is 3.74. The van der Waals surface area contributed by atoms with E-state index in [1.807, 2.05) is 40.1 Å². The Labute approximate surface area is 244 Å². The molecule has 2 N–H and O–H groups in total. The van der Waals surface area contributed by atoms with Crippen LogP contribution in [-0.2, 0) is 11.3 Å². The van der Waals surface area contributed by atoms with Gasteiger partial charge in [0.2, 0.25) is 0 Å². The molecule has 2 atom stereocenters. The summed E-state index contributed by atoms with van der Waals surface area (Å²) >= 11 is 0. The first-order valence-corrected chi connectivity index (χ1v) is 14.8. The summed E-state index contributed by atoms with van der Waals surface area (Å²) < 4.78 is 16.5. The Bertz CT molecular complexity index is 1120. The Balaban J connectivity index is 1.40. The van der Waals surface area contributed by atoms with Crippen molar-refractivity contribution >= 4 is 11.9 Å². The second-order valence-electron chi connectivity index (χ2n) is 11.3. The van der Waals surface area contributed by atoms with Gasteiger partial charge in [-0.3, -0.25) is 4.79 Å². The highest BCUT2D eigenvalue weighted by Crippen LogP contribution is 2.32. The predicted octanol–water partition coefficient (Wildman–Crippen LogP) is 4.17. The van der Waals surface area contributed by atoms with E-state index in [0.717, 1.165) is 37.9 Å². The van der Waals surface area contributed by atoms with E-state index < -0.39 is 0 Å². The number of benzene rings is 2. The van der Waals surface area contributed by atoms with Crippen LogP contribution >= 0.6 is 0 Å². The van der Waals surface area contributed by atoms with Gasteiger partial charge in [-0.15, -0.1) is 0 Å². The fraction of sp³-hybridized carbons (Fsp3) is 0.562. The van der Waals surface area contributed by atoms with Crippen molar-refractivity contribution < 1.29 is 23.8 Å². The van der Waals surface area contributed by atoms with Gasteiger partial charge in [-0.25, -0.2) is 4.79 Å². The molecule has 9 heteroatoms. The van der Waals surface area contributed by atoms with Gasteiger partial charge in [-0.2, -0.15) is 0 Å². The van der Waals surface area contributed by atoms with Crippen molar-refractivity contribution in [2.24, 2.45) is 11.8 Å². The number of nitrogens with zero attached hydrogens (tertiary/aromatic N) is 2. The first kappa shape index (κ1) is 30.7. The van der Waals surface area contributed by atoms with Crippen LogP contribution in [0.2, 0.25) is 0 Å². The van der Waals surface area contributed by atoms with Crippen LogP contribution in [-0.4, -0.2) is 87.4 Å². The van der Waals surface area contributed by atoms with E-state index in [0.29, 0.717) is 56.0 Å². The summed E-state index contributed by atoms with van der Waals surface area (Å²) in [6, 6.07) is 15.7. The van der Waals surface area contributed by atoms with Crippen LogP contribution in [0.4, 0.5) is 4.79 Å². The zero-order chi connectivity index (χ0) is 29.2. The van der Waals surface area contributed by atoms with Crippen LogP contribution in [0.5, 0.6) is 11.5 Å². The number of ether oxygens (including phenoxy) is 3. The third-order valence-corrected chi connectivity index (χ3v) is 7.92. The van der Waals surface area contributed by atoms with Gasteiger partial charge in [0, 0.05) is 70.5 Å². The standard InChI is InChI=1S/C32H46N4O5/c1-23(2)35(31(37)25-11-14-29(40-4)30(17-25)41-16-8-15-39-3)21-26-19-33-20-27(26)22-36(28-12-13-28)32(38)34-18-24-9-6-5-7-10-24/h5-7,9-11,14,17,23,26-28,33H,8,12-13,15-16,18-22H2,1-4H3,(H,34,38)/t26-,27-/m0/s1. The zero-order valence-corrected chi connectivity index (χ0v) is 24.9. The first-order chi connectivity index (χ1) is 19.9. The Morgan fingerprint density at radius 3 is 2.37 bits per heavy atom. The minimum atomic E-state index is -0.0327. The highest BCUT2D eigenvalue weighted by atomic mass is 16.5. The number of amides is 3. The van der Waals surface area contributed by atoms with Crippen LogP contribution in [0.3, 0.4) is 0 Å². The first-order valence-electron chi connectivity index (χ1n) is 14.8. The molecule has 1 heterocycles. The lowest BCUT2D eigenvalue weighted by molar-refractivity contribution is 0.0652. The molecule has 3 amide bonds. The Hall–Kier alpha value is -3.30. The third-order valence-electron chi connectivity index (χ3n) is 7.92. The maximum Gasteiger partial charge on any atom is 0.317 e. The molecule has 2 aromatic carbocycles. The zero-order valence-electron chi connectivity index (χ0n) is 24.9. The molecular weight excluding hydrogens is 520 g/mol. The van der Waals surface area contributed by atoms with Crippen molar-refractivity contribution in [1.82, 2.24) is 20.4 Å². The van der Waals surface area contributed by atoms with Crippen LogP contribution in [0.1, 0.15) is 49.0 Å². The molecule has 4 rings (SSSR count). The van der Waals surface area contributed by atoms with Crippen molar-refractivity contribution in [3.8, 4) is 11.5 Å². The second-order valence-corrected chi connectivity index (χ2v) is 11.3. The molecular formula is C32H46N4O5. The van der Waals surface area contributed by atoms with E-state index in [2.05, 4.69) is 24.5 Å². The lowest BCUT2D eigenvalue weighted by atomic mass is 9.94. The molecule has 0 bridgehead atoms. The number of carbonyl (C=O) groups excluding carboxylic acids is 2. The smallest absolute Gasteiger partial charge is 0.317 e. The quantitative estimate of drug-likeness (QED) is 0.315. The summed E-state index contributed by atoms with van der Waals surface area (Å²) in [6.45, 7) is 8.66. The topological polar surface area (TPSA) is 92.4 Å². The molecule has 2 aromatic rings. The van der Waals surface area contributed by atoms with Gasteiger partial charge in [0.15, 0.2) is 11.5 Å². The van der Waals surface area contributed by atoms with Crippen LogP contribution < -0.4 is 20.1 Å². The minimum absolute atomic E-state index is 0.00458. The van der Waals surface area contributed by atoms with E-state index in [-0.39, 0.29) is 29.8 Å². The number of urea groups is 1. The number of hydrogen-bond acceptors (Lipinski definition) is 6. The van der Waals surface area contributed by atoms with Gasteiger partial charge < -0.3 is 34.6 Å². The fourth-order valence-electron chi connectivity index (χ4n) is 5.38. The molecule has 0 aromatic heterocycles. The average molecular weight is 567 g/mol. The van der Waals surface area contributed by atoms with E-state index in [1.54, 1.807) is 32.4 Å². The Morgan fingerprint density at radius 2 is 1.71 bits per heavy atom. The van der Waals surface area contributed by atoms with Crippen molar-refractivity contribution in [2.75, 3.05) is 53.6 Å². The highest BCUT2D eigenvalue weighted by Gasteiger charge is 2.38. The molecule has 2 aliphatic rings. The number of methoxy groups -OCH3 is 2. The van der Waals surface area contributed by atoms with Crippen LogP contribution in [0, 0.1) is 11.8 Å². The normalized spacial score (nSPS) is 18.3. The predicted molar refractivity (Wildman–Crippen MR) is 159 cm³/mol. The fourth-order valence-corrected chi connectivity index (χ4v) is 5.38. The van der Waals surface area contributed by atoms with E-state index in [9.17, 15) is 9.59 Å². The molecule has 2 fully saturated rings. The maximum atomic E-state index is 13.8. The highest BCUT2D eigenvalue weighted by molar-refractivity contribution is 5.95. The SMILES string of the molecule is COCCCOc1cc(C(=O)N(C[C@@H]2CNC[C@H]2CN(C(=O)NCc2ccccc2)C2CC2)C(C)C)ccc1OC. The lowest BCUT2D eigenvalue weighted by Crippen LogP contribution is -2.47. The summed E-state index contributed by atoms with van der Waals surface area (Å²) in [5.41, 5.74) is 1.66. The molecule has 0 radical (unpaired) electrons. The van der Waals surface area contributed by atoms with E-state index in [4.69, 9.17) is 14.2 Å². The van der Waals surface area contributed by atoms with Crippen LogP contribution in [0.25, 0.3) is 0 Å². The third kappa shape index (κ3) is 8.60. The molecule has 0 unspecified atom stereocenters.